The number of nitrogens with zero attached hydrogens (tertiary/aromatic N) is 4. The van der Waals surface area contributed by atoms with Crippen LogP contribution in [0.2, 0.25) is 0 Å². The zero-order chi connectivity index (χ0) is 35.1. The standard InChI is InChI=1S/C40H69FN6O2/c1-6-10-13-30-25-46(20-8-3)27-34(37(30)47-21-16-29-24-45(5)39(49)32(29)26-47)44-38(48)35-33-22-28(36(35)42)15-19-40(9-4,17-11-7-2)18-12-14-31(41)23-43-33/h23,28-33,35-36H,6-22,24-27,42H2,1-5H3,(H,44,48). The first-order valence-corrected chi connectivity index (χ1v) is 20.3. The number of rotatable bonds is 12. The number of hydrogen-bond donors (Lipinski definition) is 2. The summed E-state index contributed by atoms with van der Waals surface area (Å²) in [5.74, 6) is 0.658. The van der Waals surface area contributed by atoms with Crippen molar-refractivity contribution in [2.75, 3.05) is 46.3 Å². The molecular formula is C40H69FN6O2. The fourth-order valence-electron chi connectivity index (χ4n) is 10.3. The third kappa shape index (κ3) is 8.91. The molecule has 5 rings (SSSR count). The highest BCUT2D eigenvalue weighted by Crippen LogP contribution is 2.45. The van der Waals surface area contributed by atoms with E-state index in [1.54, 1.807) is 0 Å². The van der Waals surface area contributed by atoms with Crippen LogP contribution in [0.15, 0.2) is 16.4 Å². The second-order valence-electron chi connectivity index (χ2n) is 16.6. The molecule has 5 aliphatic rings. The van der Waals surface area contributed by atoms with Crippen molar-refractivity contribution in [2.45, 2.75) is 142 Å². The van der Waals surface area contributed by atoms with Gasteiger partial charge in [0.15, 0.2) is 0 Å². The van der Waals surface area contributed by atoms with Crippen LogP contribution in [0.5, 0.6) is 0 Å². The molecular weight excluding hydrogens is 615 g/mol. The first-order chi connectivity index (χ1) is 23.6. The highest BCUT2D eigenvalue weighted by molar-refractivity contribution is 5.83. The minimum atomic E-state index is -1.09. The Bertz CT molecular complexity index is 1180. The van der Waals surface area contributed by atoms with Gasteiger partial charge in [0.05, 0.1) is 23.6 Å². The third-order valence-electron chi connectivity index (χ3n) is 13.3. The molecule has 2 saturated heterocycles. The smallest absolute Gasteiger partial charge is 0.231 e. The topological polar surface area (TPSA) is 94.3 Å². The van der Waals surface area contributed by atoms with Gasteiger partial charge in [0.2, 0.25) is 11.8 Å². The summed E-state index contributed by atoms with van der Waals surface area (Å²) >= 11 is 0. The normalized spacial score (nSPS) is 36.1. The molecule has 0 aromatic heterocycles. The summed E-state index contributed by atoms with van der Waals surface area (Å²) in [7, 11) is 1.93. The first-order valence-electron chi connectivity index (χ1n) is 20.3. The highest BCUT2D eigenvalue weighted by atomic mass is 19.1. The van der Waals surface area contributed by atoms with Crippen LogP contribution in [0.25, 0.3) is 0 Å². The zero-order valence-corrected chi connectivity index (χ0v) is 31.6. The van der Waals surface area contributed by atoms with Gasteiger partial charge in [-0.25, -0.2) is 4.39 Å². The van der Waals surface area contributed by atoms with E-state index in [0.717, 1.165) is 109 Å². The van der Waals surface area contributed by atoms with Crippen LogP contribution >= 0.6 is 0 Å². The van der Waals surface area contributed by atoms with Crippen molar-refractivity contribution >= 4 is 18.0 Å². The number of nitrogens with one attached hydrogen (secondary N) is 1. The Hall–Kier alpha value is -2.00. The van der Waals surface area contributed by atoms with Crippen LogP contribution in [-0.2, 0) is 9.59 Å². The van der Waals surface area contributed by atoms with E-state index in [1.165, 1.54) is 31.2 Å². The molecule has 0 spiro atoms. The minimum absolute atomic E-state index is 0.0234. The van der Waals surface area contributed by atoms with Crippen molar-refractivity contribution in [1.82, 2.24) is 20.0 Å². The van der Waals surface area contributed by atoms with Crippen LogP contribution in [0.3, 0.4) is 0 Å². The Morgan fingerprint density at radius 1 is 1.04 bits per heavy atom. The monoisotopic (exact) mass is 685 g/mol. The quantitative estimate of drug-likeness (QED) is 0.243. The van der Waals surface area contributed by atoms with Crippen molar-refractivity contribution in [3.63, 3.8) is 0 Å². The summed E-state index contributed by atoms with van der Waals surface area (Å²) in [6, 6.07) is -0.610. The van der Waals surface area contributed by atoms with E-state index in [0.29, 0.717) is 24.8 Å². The molecule has 9 unspecified atom stereocenters. The van der Waals surface area contributed by atoms with Gasteiger partial charge < -0.3 is 20.9 Å². The lowest BCUT2D eigenvalue weighted by molar-refractivity contribution is -0.131. The summed E-state index contributed by atoms with van der Waals surface area (Å²) in [6.07, 6.45) is 15.7. The molecule has 0 radical (unpaired) electrons. The Balaban J connectivity index is 1.43. The van der Waals surface area contributed by atoms with E-state index in [4.69, 9.17) is 10.7 Å². The molecule has 2 bridgehead atoms. The molecule has 3 fully saturated rings. The van der Waals surface area contributed by atoms with E-state index >= 15 is 4.39 Å². The number of unbranched alkanes of at least 4 members (excludes halogenated alkanes) is 2. The maximum Gasteiger partial charge on any atom is 0.231 e. The molecule has 49 heavy (non-hydrogen) atoms. The Labute approximate surface area is 297 Å². The molecule has 9 heteroatoms. The highest BCUT2D eigenvalue weighted by Gasteiger charge is 2.48. The molecule has 0 aromatic rings. The Kier molecular flexibility index (Phi) is 13.6. The molecule has 3 N–H and O–H groups in total. The number of carbonyl (C=O) groups is 2. The summed E-state index contributed by atoms with van der Waals surface area (Å²) in [5, 5.41) is 3.50. The summed E-state index contributed by atoms with van der Waals surface area (Å²) in [4.78, 5) is 39.4. The van der Waals surface area contributed by atoms with Gasteiger partial charge in [-0.2, -0.15) is 0 Å². The lowest BCUT2D eigenvalue weighted by Crippen LogP contribution is -2.52. The van der Waals surface area contributed by atoms with Crippen LogP contribution < -0.4 is 11.1 Å². The predicted octanol–water partition coefficient (Wildman–Crippen LogP) is 6.55. The second kappa shape index (κ2) is 17.5. The molecule has 9 atom stereocenters. The number of halogens is 1. The van der Waals surface area contributed by atoms with Gasteiger partial charge in [-0.1, -0.05) is 59.8 Å². The molecule has 1 saturated carbocycles. The summed E-state index contributed by atoms with van der Waals surface area (Å²) in [6.45, 7) is 14.2. The van der Waals surface area contributed by atoms with Crippen molar-refractivity contribution in [3.8, 4) is 0 Å². The van der Waals surface area contributed by atoms with Gasteiger partial charge in [-0.3, -0.25) is 19.5 Å². The molecule has 2 amide bonds. The number of hydrogen-bond acceptors (Lipinski definition) is 6. The molecule has 278 valence electrons. The fraction of sp³-hybridized carbons (Fsp3) is 0.875. The average Bonchev–Trinajstić information content (AvgIpc) is 3.56. The van der Waals surface area contributed by atoms with Gasteiger partial charge in [0, 0.05) is 63.6 Å². The number of fused-ring (bicyclic) bond motifs is 3. The average molecular weight is 685 g/mol. The molecule has 4 heterocycles. The van der Waals surface area contributed by atoms with Crippen molar-refractivity contribution < 1.29 is 14.0 Å². The van der Waals surface area contributed by atoms with E-state index in [2.05, 4.69) is 42.8 Å². The molecule has 8 nitrogen and oxygen atoms in total. The van der Waals surface area contributed by atoms with Gasteiger partial charge in [-0.15, -0.1) is 0 Å². The molecule has 4 aliphatic heterocycles. The van der Waals surface area contributed by atoms with Crippen molar-refractivity contribution in [1.29, 1.82) is 0 Å². The van der Waals surface area contributed by atoms with Gasteiger partial charge in [0.1, 0.15) is 6.17 Å². The Morgan fingerprint density at radius 3 is 2.57 bits per heavy atom. The van der Waals surface area contributed by atoms with E-state index in [9.17, 15) is 9.59 Å². The van der Waals surface area contributed by atoms with Crippen LogP contribution in [0, 0.1) is 35.0 Å². The van der Waals surface area contributed by atoms with Crippen LogP contribution in [0.4, 0.5) is 4.39 Å². The van der Waals surface area contributed by atoms with Gasteiger partial charge in [0.25, 0.3) is 0 Å². The SMILES string of the molecule is CCCCC1CN(CCC)CC(NC(=O)C2C3CC(CCC(CC)(CCCC)CCCC(F)C=N3)C2N)=C1N1CCC2CN(C)C(=O)C2C1. The zero-order valence-electron chi connectivity index (χ0n) is 31.6. The number of likely N-dealkylation sites (tertiary alicyclic amines) is 2. The van der Waals surface area contributed by atoms with Gasteiger partial charge >= 0.3 is 0 Å². The first kappa shape index (κ1) is 38.2. The van der Waals surface area contributed by atoms with E-state index < -0.39 is 12.1 Å². The largest absolute Gasteiger partial charge is 0.372 e. The predicted molar refractivity (Wildman–Crippen MR) is 198 cm³/mol. The number of amides is 2. The Morgan fingerprint density at radius 2 is 1.84 bits per heavy atom. The van der Waals surface area contributed by atoms with E-state index in [1.807, 2.05) is 11.9 Å². The fourth-order valence-corrected chi connectivity index (χ4v) is 10.3. The van der Waals surface area contributed by atoms with Crippen molar-refractivity contribution in [2.24, 2.45) is 45.7 Å². The summed E-state index contributed by atoms with van der Waals surface area (Å²) < 4.78 is 15.2. The second-order valence-corrected chi connectivity index (χ2v) is 16.6. The molecule has 0 aromatic carbocycles. The van der Waals surface area contributed by atoms with E-state index in [-0.39, 0.29) is 41.1 Å². The molecule has 1 aliphatic carbocycles. The van der Waals surface area contributed by atoms with Crippen LogP contribution in [0.1, 0.15) is 124 Å². The lowest BCUT2D eigenvalue weighted by atomic mass is 9.71. The van der Waals surface area contributed by atoms with Crippen molar-refractivity contribution in [3.05, 3.63) is 11.4 Å². The van der Waals surface area contributed by atoms with Gasteiger partial charge in [-0.05, 0) is 88.0 Å². The number of nitrogens with two attached hydrogens (primary N) is 1. The van der Waals surface area contributed by atoms with Crippen LogP contribution in [-0.4, -0.2) is 97.3 Å². The number of aliphatic imine (C=N–C) groups is 1. The number of carbonyl (C=O) groups excluding carboxylic acids is 2. The lowest BCUT2D eigenvalue weighted by Gasteiger charge is -2.45. The maximum absolute atomic E-state index is 15.2. The maximum atomic E-state index is 15.2. The number of alkyl halides is 1. The number of piperidine rings is 1. The summed E-state index contributed by atoms with van der Waals surface area (Å²) in [5.41, 5.74) is 9.54. The minimum Gasteiger partial charge on any atom is -0.372 e. The third-order valence-corrected chi connectivity index (χ3v) is 13.3.